The highest BCUT2D eigenvalue weighted by Gasteiger charge is 2.09. The van der Waals surface area contributed by atoms with E-state index in [9.17, 15) is 0 Å². The largest absolute Gasteiger partial charge is 0.502 e. The van der Waals surface area contributed by atoms with Gasteiger partial charge in [0.15, 0.2) is 6.79 Å². The van der Waals surface area contributed by atoms with Crippen LogP contribution < -0.4 is 15.2 Å². The van der Waals surface area contributed by atoms with E-state index in [4.69, 9.17) is 28.2 Å². The molecule has 0 aromatic heterocycles. The van der Waals surface area contributed by atoms with Crippen molar-refractivity contribution in [3.8, 4) is 11.5 Å². The molecule has 0 atom stereocenters. The van der Waals surface area contributed by atoms with Crippen molar-refractivity contribution in [2.75, 3.05) is 19.8 Å². The lowest BCUT2D eigenvalue weighted by atomic mass is 10.1. The molecule has 0 fully saturated rings. The Bertz CT molecular complexity index is 349. The Balaban J connectivity index is 3.03. The van der Waals surface area contributed by atoms with Crippen LogP contribution in [0.25, 0.3) is 0 Å². The average Bonchev–Trinajstić information content (AvgIpc) is 2.25. The summed E-state index contributed by atoms with van der Waals surface area (Å²) in [4.78, 5) is 0. The zero-order valence-corrected chi connectivity index (χ0v) is 10.4. The Morgan fingerprint density at radius 1 is 1.31 bits per heavy atom. The molecule has 0 amide bonds. The molecular weight excluding hydrogens is 273 g/mol. The molecular formula is C10H13BBrNO3. The Hall–Kier alpha value is -0.715. The standard InChI is InChI=1S/C10H13BBrNO3/c11-5-15-10-3-7(1-2-13)9(16-6-14)4-8(10)12/h3-4,14H,1-2,5-6,13H2. The van der Waals surface area contributed by atoms with Crippen LogP contribution in [0.4, 0.5) is 0 Å². The van der Waals surface area contributed by atoms with Gasteiger partial charge in [-0.25, -0.2) is 0 Å². The van der Waals surface area contributed by atoms with E-state index in [1.807, 2.05) is 0 Å². The maximum atomic E-state index is 8.76. The summed E-state index contributed by atoms with van der Waals surface area (Å²) in [6.07, 6.45) is 0.642. The van der Waals surface area contributed by atoms with E-state index in [2.05, 4.69) is 15.9 Å². The zero-order valence-electron chi connectivity index (χ0n) is 8.78. The molecule has 1 aromatic rings. The summed E-state index contributed by atoms with van der Waals surface area (Å²) in [7, 11) is 5.31. The molecule has 16 heavy (non-hydrogen) atoms. The fraction of sp³-hybridized carbons (Fsp3) is 0.400. The third-order valence-electron chi connectivity index (χ3n) is 1.99. The van der Waals surface area contributed by atoms with Crippen LogP contribution >= 0.6 is 15.9 Å². The minimum absolute atomic E-state index is 0.0981. The van der Waals surface area contributed by atoms with Gasteiger partial charge in [0.2, 0.25) is 0 Å². The molecule has 1 rings (SSSR count). The molecule has 0 saturated heterocycles. The summed E-state index contributed by atoms with van der Waals surface area (Å²) in [5.74, 6) is 1.22. The number of hydrogen-bond acceptors (Lipinski definition) is 4. The minimum atomic E-state index is -0.374. The fourth-order valence-electron chi connectivity index (χ4n) is 1.33. The monoisotopic (exact) mass is 285 g/mol. The van der Waals surface area contributed by atoms with E-state index in [1.54, 1.807) is 12.1 Å². The number of halogens is 1. The number of nitrogens with two attached hydrogens (primary N) is 1. The van der Waals surface area contributed by atoms with Crippen LogP contribution in [0.2, 0.25) is 0 Å². The van der Waals surface area contributed by atoms with Gasteiger partial charge < -0.3 is 20.3 Å². The van der Waals surface area contributed by atoms with Gasteiger partial charge >= 0.3 is 0 Å². The number of benzene rings is 1. The first-order valence-electron chi connectivity index (χ1n) is 4.82. The SMILES string of the molecule is [B]COc1cc(CCN)c(OCO)cc1Br. The van der Waals surface area contributed by atoms with Crippen molar-refractivity contribution in [3.05, 3.63) is 22.2 Å². The van der Waals surface area contributed by atoms with Crippen molar-refractivity contribution in [2.24, 2.45) is 5.73 Å². The number of hydrogen-bond donors (Lipinski definition) is 2. The normalized spacial score (nSPS) is 10.2. The molecule has 0 aliphatic rings. The van der Waals surface area contributed by atoms with Crippen molar-refractivity contribution < 1.29 is 14.6 Å². The Morgan fingerprint density at radius 3 is 2.62 bits per heavy atom. The van der Waals surface area contributed by atoms with Gasteiger partial charge in [0.05, 0.1) is 4.47 Å². The maximum absolute atomic E-state index is 8.76. The van der Waals surface area contributed by atoms with E-state index in [1.165, 1.54) is 0 Å². The average molecular weight is 286 g/mol. The summed E-state index contributed by atoms with van der Waals surface area (Å²) in [5.41, 5.74) is 6.37. The number of rotatable bonds is 6. The van der Waals surface area contributed by atoms with Crippen LogP contribution in [-0.2, 0) is 6.42 Å². The van der Waals surface area contributed by atoms with E-state index < -0.39 is 0 Å². The van der Waals surface area contributed by atoms with Crippen molar-refractivity contribution in [2.45, 2.75) is 6.42 Å². The summed E-state index contributed by atoms with van der Waals surface area (Å²) >= 11 is 3.33. The summed E-state index contributed by atoms with van der Waals surface area (Å²) < 4.78 is 11.0. The highest BCUT2D eigenvalue weighted by molar-refractivity contribution is 9.10. The predicted molar refractivity (Wildman–Crippen MR) is 65.9 cm³/mol. The molecule has 0 heterocycles. The number of aliphatic hydroxyl groups excluding tert-OH is 1. The van der Waals surface area contributed by atoms with Gasteiger partial charge in [-0.05, 0) is 46.6 Å². The lowest BCUT2D eigenvalue weighted by molar-refractivity contribution is 0.0974. The summed E-state index contributed by atoms with van der Waals surface area (Å²) in [6, 6.07) is 3.53. The lowest BCUT2D eigenvalue weighted by Gasteiger charge is -2.13. The third-order valence-corrected chi connectivity index (χ3v) is 2.61. The highest BCUT2D eigenvalue weighted by atomic mass is 79.9. The van der Waals surface area contributed by atoms with Gasteiger partial charge in [0.25, 0.3) is 0 Å². The van der Waals surface area contributed by atoms with Crippen LogP contribution in [0.1, 0.15) is 5.56 Å². The highest BCUT2D eigenvalue weighted by Crippen LogP contribution is 2.33. The van der Waals surface area contributed by atoms with Crippen LogP contribution in [0.15, 0.2) is 16.6 Å². The number of aliphatic hydroxyl groups is 1. The van der Waals surface area contributed by atoms with Gasteiger partial charge in [0, 0.05) is 6.51 Å². The van der Waals surface area contributed by atoms with Crippen LogP contribution in [0, 0.1) is 0 Å². The van der Waals surface area contributed by atoms with Crippen LogP contribution in [0.5, 0.6) is 11.5 Å². The van der Waals surface area contributed by atoms with Crippen molar-refractivity contribution >= 4 is 23.8 Å². The molecule has 0 spiro atoms. The van der Waals surface area contributed by atoms with E-state index in [0.29, 0.717) is 24.5 Å². The first-order valence-corrected chi connectivity index (χ1v) is 5.61. The van der Waals surface area contributed by atoms with Gasteiger partial charge in [-0.15, -0.1) is 0 Å². The third kappa shape index (κ3) is 3.40. The van der Waals surface area contributed by atoms with Gasteiger partial charge in [-0.2, -0.15) is 0 Å². The fourth-order valence-corrected chi connectivity index (χ4v) is 1.77. The van der Waals surface area contributed by atoms with Gasteiger partial charge in [-0.1, -0.05) is 0 Å². The van der Waals surface area contributed by atoms with Crippen molar-refractivity contribution in [1.29, 1.82) is 0 Å². The topological polar surface area (TPSA) is 64.7 Å². The molecule has 4 nitrogen and oxygen atoms in total. The second-order valence-electron chi connectivity index (χ2n) is 3.01. The zero-order chi connectivity index (χ0) is 12.0. The molecule has 0 aliphatic heterocycles. The predicted octanol–water partition coefficient (Wildman–Crippen LogP) is 0.784. The molecule has 0 unspecified atom stereocenters. The molecule has 0 aliphatic carbocycles. The second-order valence-corrected chi connectivity index (χ2v) is 3.87. The van der Waals surface area contributed by atoms with Crippen molar-refractivity contribution in [1.82, 2.24) is 0 Å². The Kier molecular flexibility index (Phi) is 5.66. The molecule has 0 saturated carbocycles. The molecule has 1 aromatic carbocycles. The summed E-state index contributed by atoms with van der Waals surface area (Å²) in [5, 5.41) is 8.76. The molecule has 0 bridgehead atoms. The Morgan fingerprint density at radius 2 is 2.06 bits per heavy atom. The first-order chi connectivity index (χ1) is 7.72. The lowest BCUT2D eigenvalue weighted by Crippen LogP contribution is -2.07. The van der Waals surface area contributed by atoms with E-state index in [0.717, 1.165) is 10.0 Å². The second kappa shape index (κ2) is 6.78. The molecule has 2 radical (unpaired) electrons. The van der Waals surface area contributed by atoms with Gasteiger partial charge in [0.1, 0.15) is 19.3 Å². The van der Waals surface area contributed by atoms with Crippen LogP contribution in [-0.4, -0.2) is 32.8 Å². The molecule has 3 N–H and O–H groups in total. The van der Waals surface area contributed by atoms with E-state index in [-0.39, 0.29) is 13.3 Å². The molecule has 86 valence electrons. The minimum Gasteiger partial charge on any atom is -0.502 e. The smallest absolute Gasteiger partial charge is 0.186 e. The quantitative estimate of drug-likeness (QED) is 0.599. The number of ether oxygens (including phenoxy) is 2. The maximum Gasteiger partial charge on any atom is 0.186 e. The molecule has 6 heteroatoms. The van der Waals surface area contributed by atoms with E-state index >= 15 is 0 Å². The van der Waals surface area contributed by atoms with Gasteiger partial charge in [-0.3, -0.25) is 0 Å². The summed E-state index contributed by atoms with van der Waals surface area (Å²) in [6.45, 7) is 0.216. The first kappa shape index (κ1) is 13.4. The Labute approximate surface area is 104 Å². The van der Waals surface area contributed by atoms with Crippen molar-refractivity contribution in [3.63, 3.8) is 0 Å². The van der Waals surface area contributed by atoms with Crippen LogP contribution in [0.3, 0.4) is 0 Å².